The summed E-state index contributed by atoms with van der Waals surface area (Å²) in [5, 5.41) is 74.5. The molecule has 4 aliphatic carbocycles. The van der Waals surface area contributed by atoms with Crippen molar-refractivity contribution in [3.05, 3.63) is 0 Å². The van der Waals surface area contributed by atoms with Gasteiger partial charge >= 0.3 is 0 Å². The van der Waals surface area contributed by atoms with Crippen LogP contribution in [0.1, 0.15) is 85.5 Å². The van der Waals surface area contributed by atoms with Crippen LogP contribution in [0.15, 0.2) is 0 Å². The minimum atomic E-state index is -1.59. The molecule has 4 saturated carbocycles. The van der Waals surface area contributed by atoms with Crippen molar-refractivity contribution >= 4 is 0 Å². The molecule has 0 radical (unpaired) electrons. The van der Waals surface area contributed by atoms with Crippen LogP contribution in [0.4, 0.5) is 0 Å². The van der Waals surface area contributed by atoms with Gasteiger partial charge in [0.15, 0.2) is 12.6 Å². The van der Waals surface area contributed by atoms with Crippen LogP contribution >= 0.6 is 0 Å². The molecule has 0 spiro atoms. The van der Waals surface area contributed by atoms with Crippen molar-refractivity contribution in [1.29, 1.82) is 0 Å². The van der Waals surface area contributed by atoms with Gasteiger partial charge in [-0.3, -0.25) is 0 Å². The zero-order valence-electron chi connectivity index (χ0n) is 28.0. The molecule has 7 N–H and O–H groups in total. The van der Waals surface area contributed by atoms with Crippen LogP contribution < -0.4 is 0 Å². The average molecular weight is 659 g/mol. The first kappa shape index (κ1) is 35.3. The molecule has 6 rings (SSSR count). The van der Waals surface area contributed by atoms with Crippen LogP contribution in [0.25, 0.3) is 0 Å². The lowest BCUT2D eigenvalue weighted by Gasteiger charge is -2.64. The third kappa shape index (κ3) is 5.51. The molecule has 6 aliphatic rings. The molecule has 2 aliphatic heterocycles. The van der Waals surface area contributed by atoms with Crippen LogP contribution in [-0.2, 0) is 23.7 Å². The molecule has 0 aromatic heterocycles. The van der Waals surface area contributed by atoms with Gasteiger partial charge in [0, 0.05) is 12.5 Å². The van der Waals surface area contributed by atoms with Crippen LogP contribution in [0, 0.1) is 34.5 Å². The fourth-order valence-electron chi connectivity index (χ4n) is 11.2. The molecule has 0 aromatic rings. The first-order valence-corrected chi connectivity index (χ1v) is 17.6. The number of hydrogen-bond donors (Lipinski definition) is 7. The van der Waals surface area contributed by atoms with Crippen molar-refractivity contribution in [1.82, 2.24) is 0 Å². The van der Waals surface area contributed by atoms with Gasteiger partial charge in [0.2, 0.25) is 0 Å². The molecular weight excluding hydrogens is 600 g/mol. The van der Waals surface area contributed by atoms with Gasteiger partial charge in [-0.25, -0.2) is 0 Å². The summed E-state index contributed by atoms with van der Waals surface area (Å²) in [7, 11) is 1.44. The van der Waals surface area contributed by atoms with E-state index in [9.17, 15) is 35.7 Å². The van der Waals surface area contributed by atoms with Crippen molar-refractivity contribution in [2.45, 2.75) is 165 Å². The molecule has 2 heterocycles. The minimum Gasteiger partial charge on any atom is -0.394 e. The Hall–Kier alpha value is -0.480. The second-order valence-electron chi connectivity index (χ2n) is 16.0. The van der Waals surface area contributed by atoms with Gasteiger partial charge in [-0.2, -0.15) is 0 Å². The van der Waals surface area contributed by atoms with Gasteiger partial charge in [-0.1, -0.05) is 13.8 Å². The maximum Gasteiger partial charge on any atom is 0.187 e. The van der Waals surface area contributed by atoms with E-state index in [0.717, 1.165) is 57.8 Å². The Bertz CT molecular complexity index is 1060. The SMILES string of the molecule is CO[C@@H]1[C@@H](O)[C@H](O[C@H]2CC[C@]3(C)C4CC[C@]5(C)C(C(C)O)CC[C@]5(O)C4CC[C@@H]3C2)O[C@H](C)[C@@H]1O[C@@H]1O[C@H](CO)[C@@H](O)[C@H](O)[C@H]1O. The molecule has 46 heavy (non-hydrogen) atoms. The van der Waals surface area contributed by atoms with Crippen molar-refractivity contribution in [3.8, 4) is 0 Å². The summed E-state index contributed by atoms with van der Waals surface area (Å²) in [6.07, 6.45) is -4.14. The van der Waals surface area contributed by atoms with E-state index in [1.165, 1.54) is 7.11 Å². The standard InChI is InChI=1S/C34H58O12/c1-16(36)20-10-13-34(41)22-7-6-18-14-19(8-11-32(18,3)21(22)9-12-33(20,34)4)44-31-27(40)29(42-5)28(17(2)43-31)46-30-26(39)25(38)24(37)23(15-35)45-30/h16-31,35-41H,6-15H2,1-5H3/t16?,17-,18-,19+,20?,21?,22?,23-,24-,25+,26-,27-,28+,29-,30+,31+,32+,33-,34+/m1/s1. The lowest BCUT2D eigenvalue weighted by atomic mass is 9.43. The number of hydrogen-bond acceptors (Lipinski definition) is 12. The second-order valence-corrected chi connectivity index (χ2v) is 16.0. The van der Waals surface area contributed by atoms with Crippen LogP contribution in [0.5, 0.6) is 0 Å². The summed E-state index contributed by atoms with van der Waals surface area (Å²) in [4.78, 5) is 0. The summed E-state index contributed by atoms with van der Waals surface area (Å²) in [6, 6.07) is 0. The lowest BCUT2D eigenvalue weighted by molar-refractivity contribution is -0.362. The Labute approximate surface area is 272 Å². The number of aliphatic hydroxyl groups is 7. The summed E-state index contributed by atoms with van der Waals surface area (Å²) in [5.41, 5.74) is -0.904. The third-order valence-corrected chi connectivity index (χ3v) is 13.9. The fraction of sp³-hybridized carbons (Fsp3) is 1.00. The zero-order chi connectivity index (χ0) is 33.3. The summed E-state index contributed by atoms with van der Waals surface area (Å²) in [6.45, 7) is 7.67. The summed E-state index contributed by atoms with van der Waals surface area (Å²) >= 11 is 0. The molecule has 0 amide bonds. The summed E-state index contributed by atoms with van der Waals surface area (Å²) < 4.78 is 29.8. The number of ether oxygens (including phenoxy) is 5. The number of methoxy groups -OCH3 is 1. The lowest BCUT2D eigenvalue weighted by Crippen LogP contribution is -2.64. The second kappa shape index (κ2) is 13.0. The van der Waals surface area contributed by atoms with Crippen LogP contribution in [0.2, 0.25) is 0 Å². The molecule has 12 heteroatoms. The van der Waals surface area contributed by atoms with Crippen molar-refractivity contribution in [2.24, 2.45) is 34.5 Å². The molecule has 266 valence electrons. The number of fused-ring (bicyclic) bond motifs is 5. The number of aliphatic hydroxyl groups excluding tert-OH is 6. The predicted molar refractivity (Wildman–Crippen MR) is 163 cm³/mol. The maximum absolute atomic E-state index is 12.3. The monoisotopic (exact) mass is 658 g/mol. The fourth-order valence-corrected chi connectivity index (χ4v) is 11.2. The Balaban J connectivity index is 1.09. The van der Waals surface area contributed by atoms with Gasteiger partial charge < -0.3 is 59.4 Å². The van der Waals surface area contributed by atoms with E-state index < -0.39 is 79.7 Å². The molecular formula is C34H58O12. The van der Waals surface area contributed by atoms with E-state index in [1.807, 2.05) is 6.92 Å². The molecule has 4 unspecified atom stereocenters. The van der Waals surface area contributed by atoms with Crippen LogP contribution in [-0.4, -0.2) is 129 Å². The van der Waals surface area contributed by atoms with Crippen molar-refractivity contribution < 1.29 is 59.4 Å². The topological polar surface area (TPSA) is 188 Å². The molecule has 12 nitrogen and oxygen atoms in total. The first-order valence-electron chi connectivity index (χ1n) is 17.6. The zero-order valence-corrected chi connectivity index (χ0v) is 28.0. The highest BCUT2D eigenvalue weighted by molar-refractivity contribution is 5.17. The highest BCUT2D eigenvalue weighted by Crippen LogP contribution is 2.69. The Morgan fingerprint density at radius 2 is 1.52 bits per heavy atom. The Morgan fingerprint density at radius 1 is 0.804 bits per heavy atom. The van der Waals surface area contributed by atoms with E-state index in [4.69, 9.17) is 23.7 Å². The maximum atomic E-state index is 12.3. The Morgan fingerprint density at radius 3 is 2.20 bits per heavy atom. The van der Waals surface area contributed by atoms with Gasteiger partial charge in [0.1, 0.15) is 42.7 Å². The number of rotatable bonds is 7. The van der Waals surface area contributed by atoms with E-state index >= 15 is 0 Å². The van der Waals surface area contributed by atoms with E-state index in [0.29, 0.717) is 11.8 Å². The van der Waals surface area contributed by atoms with Crippen LogP contribution in [0.3, 0.4) is 0 Å². The quantitative estimate of drug-likeness (QED) is 0.191. The highest BCUT2D eigenvalue weighted by atomic mass is 16.7. The molecule has 0 aromatic carbocycles. The highest BCUT2D eigenvalue weighted by Gasteiger charge is 2.67. The van der Waals surface area contributed by atoms with E-state index in [-0.39, 0.29) is 28.8 Å². The normalized spacial score (nSPS) is 56.5. The molecule has 6 fully saturated rings. The smallest absolute Gasteiger partial charge is 0.187 e. The average Bonchev–Trinajstić information content (AvgIpc) is 3.31. The first-order chi connectivity index (χ1) is 21.7. The van der Waals surface area contributed by atoms with Gasteiger partial charge in [0.05, 0.1) is 30.5 Å². The summed E-state index contributed by atoms with van der Waals surface area (Å²) in [5.74, 6) is 1.22. The van der Waals surface area contributed by atoms with Gasteiger partial charge in [-0.15, -0.1) is 0 Å². The van der Waals surface area contributed by atoms with Crippen molar-refractivity contribution in [2.75, 3.05) is 13.7 Å². The van der Waals surface area contributed by atoms with E-state index in [2.05, 4.69) is 13.8 Å². The molecule has 0 bridgehead atoms. The molecule has 2 saturated heterocycles. The third-order valence-electron chi connectivity index (χ3n) is 13.9. The Kier molecular flexibility index (Phi) is 9.99. The predicted octanol–water partition coefficient (Wildman–Crippen LogP) is 0.832. The van der Waals surface area contributed by atoms with Gasteiger partial charge in [-0.05, 0) is 101 Å². The van der Waals surface area contributed by atoms with Gasteiger partial charge in [0.25, 0.3) is 0 Å². The largest absolute Gasteiger partial charge is 0.394 e. The van der Waals surface area contributed by atoms with Crippen molar-refractivity contribution in [3.63, 3.8) is 0 Å². The molecule has 19 atom stereocenters. The van der Waals surface area contributed by atoms with E-state index in [1.54, 1.807) is 6.92 Å². The minimum absolute atomic E-state index is 0.0848.